The van der Waals surface area contributed by atoms with Crippen LogP contribution < -0.4 is 9.47 Å². The fourth-order valence-electron chi connectivity index (χ4n) is 3.23. The number of halogens is 2. The van der Waals surface area contributed by atoms with Crippen molar-refractivity contribution in [2.24, 2.45) is 4.99 Å². The third-order valence-electron chi connectivity index (χ3n) is 4.86. The highest BCUT2D eigenvalue weighted by atomic mass is 127. The van der Waals surface area contributed by atoms with Crippen LogP contribution in [0.25, 0.3) is 6.08 Å². The molecule has 0 aliphatic carbocycles. The van der Waals surface area contributed by atoms with Gasteiger partial charge in [-0.2, -0.15) is 0 Å². The summed E-state index contributed by atoms with van der Waals surface area (Å²) in [6, 6.07) is 19.0. The average molecular weight is 574 g/mol. The molecule has 0 fully saturated rings. The summed E-state index contributed by atoms with van der Waals surface area (Å²) in [4.78, 5) is 16.8. The van der Waals surface area contributed by atoms with E-state index in [1.54, 1.807) is 24.3 Å². The minimum absolute atomic E-state index is 0.189. The van der Waals surface area contributed by atoms with Crippen LogP contribution >= 0.6 is 34.2 Å². The highest BCUT2D eigenvalue weighted by molar-refractivity contribution is 14.1. The molecule has 5 nitrogen and oxygen atoms in total. The Morgan fingerprint density at radius 1 is 1.09 bits per heavy atom. The Morgan fingerprint density at radius 2 is 1.85 bits per heavy atom. The molecule has 1 aliphatic heterocycles. The minimum atomic E-state index is -0.530. The number of aryl methyl sites for hydroxylation is 1. The van der Waals surface area contributed by atoms with Crippen molar-refractivity contribution in [3.05, 3.63) is 97.2 Å². The molecule has 0 aromatic heterocycles. The van der Waals surface area contributed by atoms with Gasteiger partial charge in [-0.05, 0) is 77.9 Å². The molecule has 0 amide bonds. The number of benzene rings is 3. The first-order valence-corrected chi connectivity index (χ1v) is 11.8. The van der Waals surface area contributed by atoms with Crippen LogP contribution in [0.2, 0.25) is 5.02 Å². The van der Waals surface area contributed by atoms with E-state index in [2.05, 4.69) is 46.6 Å². The van der Waals surface area contributed by atoms with E-state index in [1.807, 2.05) is 37.3 Å². The number of hydrogen-bond donors (Lipinski definition) is 0. The number of rotatable bonds is 7. The van der Waals surface area contributed by atoms with E-state index in [4.69, 9.17) is 25.8 Å². The Balaban J connectivity index is 1.61. The van der Waals surface area contributed by atoms with Gasteiger partial charge in [-0.15, -0.1) is 0 Å². The molecule has 3 aromatic rings. The maximum atomic E-state index is 12.4. The first-order chi connectivity index (χ1) is 15.9. The molecule has 0 atom stereocenters. The van der Waals surface area contributed by atoms with E-state index < -0.39 is 5.97 Å². The zero-order valence-corrected chi connectivity index (χ0v) is 21.0. The summed E-state index contributed by atoms with van der Waals surface area (Å²) in [7, 11) is 0. The molecular formula is C26H21ClINO4. The van der Waals surface area contributed by atoms with Gasteiger partial charge in [-0.1, -0.05) is 53.6 Å². The van der Waals surface area contributed by atoms with Crippen molar-refractivity contribution in [3.63, 3.8) is 0 Å². The third kappa shape index (κ3) is 5.57. The van der Waals surface area contributed by atoms with Crippen LogP contribution in [-0.4, -0.2) is 18.5 Å². The lowest BCUT2D eigenvalue weighted by Crippen LogP contribution is -2.05. The molecule has 0 saturated carbocycles. The number of carbonyl (C=O) groups excluding carboxylic acids is 1. The van der Waals surface area contributed by atoms with Crippen LogP contribution in [0.1, 0.15) is 29.2 Å². The van der Waals surface area contributed by atoms with E-state index in [0.29, 0.717) is 35.3 Å². The van der Waals surface area contributed by atoms with E-state index in [0.717, 1.165) is 14.7 Å². The average Bonchev–Trinajstić information content (AvgIpc) is 3.15. The molecule has 0 N–H and O–H groups in total. The molecule has 33 heavy (non-hydrogen) atoms. The molecule has 4 rings (SSSR count). The minimum Gasteiger partial charge on any atom is -0.490 e. The van der Waals surface area contributed by atoms with Gasteiger partial charge >= 0.3 is 5.97 Å². The van der Waals surface area contributed by atoms with Crippen LogP contribution in [0.4, 0.5) is 0 Å². The highest BCUT2D eigenvalue weighted by Gasteiger charge is 2.25. The highest BCUT2D eigenvalue weighted by Crippen LogP contribution is 2.36. The Hall–Kier alpha value is -2.84. The topological polar surface area (TPSA) is 57.1 Å². The smallest absolute Gasteiger partial charge is 0.363 e. The largest absolute Gasteiger partial charge is 0.490 e. The van der Waals surface area contributed by atoms with Crippen LogP contribution in [0.5, 0.6) is 11.5 Å². The summed E-state index contributed by atoms with van der Waals surface area (Å²) in [5, 5.41) is 0.466. The fourth-order valence-corrected chi connectivity index (χ4v) is 4.23. The zero-order chi connectivity index (χ0) is 23.4. The summed E-state index contributed by atoms with van der Waals surface area (Å²) in [6.07, 6.45) is 1.67. The summed E-state index contributed by atoms with van der Waals surface area (Å²) in [5.41, 5.74) is 3.78. The second-order valence-corrected chi connectivity index (χ2v) is 8.92. The van der Waals surface area contributed by atoms with Crippen LogP contribution in [0.15, 0.2) is 71.4 Å². The molecule has 1 heterocycles. The molecule has 0 bridgehead atoms. The van der Waals surface area contributed by atoms with Crippen LogP contribution in [0.3, 0.4) is 0 Å². The molecule has 0 saturated heterocycles. The summed E-state index contributed by atoms with van der Waals surface area (Å²) >= 11 is 8.42. The molecule has 0 unspecified atom stereocenters. The lowest BCUT2D eigenvalue weighted by molar-refractivity contribution is -0.129. The van der Waals surface area contributed by atoms with E-state index in [-0.39, 0.29) is 11.6 Å². The van der Waals surface area contributed by atoms with Gasteiger partial charge in [0, 0.05) is 0 Å². The van der Waals surface area contributed by atoms with Crippen LogP contribution in [-0.2, 0) is 16.1 Å². The Kier molecular flexibility index (Phi) is 7.35. The van der Waals surface area contributed by atoms with Crippen molar-refractivity contribution >= 4 is 52.1 Å². The third-order valence-corrected chi connectivity index (χ3v) is 5.99. The Morgan fingerprint density at radius 3 is 2.58 bits per heavy atom. The van der Waals surface area contributed by atoms with Crippen molar-refractivity contribution in [1.82, 2.24) is 0 Å². The van der Waals surface area contributed by atoms with Gasteiger partial charge in [0.15, 0.2) is 17.2 Å². The van der Waals surface area contributed by atoms with Crippen molar-refractivity contribution in [3.8, 4) is 11.5 Å². The first-order valence-electron chi connectivity index (χ1n) is 10.4. The fraction of sp³-hybridized carbons (Fsp3) is 0.154. The number of aliphatic imine (C=N–C) groups is 1. The summed E-state index contributed by atoms with van der Waals surface area (Å²) < 4.78 is 18.1. The second-order valence-electron chi connectivity index (χ2n) is 7.35. The number of hydrogen-bond acceptors (Lipinski definition) is 5. The van der Waals surface area contributed by atoms with Gasteiger partial charge in [0.2, 0.25) is 5.90 Å². The maximum Gasteiger partial charge on any atom is 0.363 e. The van der Waals surface area contributed by atoms with Gasteiger partial charge in [-0.3, -0.25) is 0 Å². The SMILES string of the molecule is CCOc1cc(/C=C2\N=C(c3ccccc3Cl)OC2=O)cc(I)c1OCc1ccc(C)cc1. The summed E-state index contributed by atoms with van der Waals surface area (Å²) in [5.74, 6) is 0.923. The first kappa shape index (κ1) is 23.3. The number of ether oxygens (including phenoxy) is 3. The van der Waals surface area contributed by atoms with Gasteiger partial charge in [0.1, 0.15) is 6.61 Å². The number of cyclic esters (lactones) is 1. The second kappa shape index (κ2) is 10.4. The van der Waals surface area contributed by atoms with E-state index in [1.165, 1.54) is 5.56 Å². The molecule has 7 heteroatoms. The van der Waals surface area contributed by atoms with Gasteiger partial charge in [0.05, 0.1) is 20.8 Å². The van der Waals surface area contributed by atoms with Crippen molar-refractivity contribution in [2.75, 3.05) is 6.61 Å². The van der Waals surface area contributed by atoms with Crippen molar-refractivity contribution < 1.29 is 19.0 Å². The summed E-state index contributed by atoms with van der Waals surface area (Å²) in [6.45, 7) is 4.87. The molecular weight excluding hydrogens is 553 g/mol. The number of nitrogens with zero attached hydrogens (tertiary/aromatic N) is 1. The van der Waals surface area contributed by atoms with Gasteiger partial charge in [-0.25, -0.2) is 9.79 Å². The van der Waals surface area contributed by atoms with Crippen molar-refractivity contribution in [1.29, 1.82) is 0 Å². The van der Waals surface area contributed by atoms with E-state index in [9.17, 15) is 4.79 Å². The lowest BCUT2D eigenvalue weighted by atomic mass is 10.1. The number of esters is 1. The normalized spacial score (nSPS) is 14.2. The molecule has 168 valence electrons. The van der Waals surface area contributed by atoms with E-state index >= 15 is 0 Å². The predicted octanol–water partition coefficient (Wildman–Crippen LogP) is 6.58. The Labute approximate surface area is 211 Å². The predicted molar refractivity (Wildman–Crippen MR) is 138 cm³/mol. The quantitative estimate of drug-likeness (QED) is 0.182. The van der Waals surface area contributed by atoms with Gasteiger partial charge < -0.3 is 14.2 Å². The van der Waals surface area contributed by atoms with Crippen molar-refractivity contribution in [2.45, 2.75) is 20.5 Å². The molecule has 1 aliphatic rings. The van der Waals surface area contributed by atoms with Gasteiger partial charge in [0.25, 0.3) is 0 Å². The molecule has 0 radical (unpaired) electrons. The molecule has 3 aromatic carbocycles. The Bertz CT molecular complexity index is 1250. The monoisotopic (exact) mass is 573 g/mol. The van der Waals surface area contributed by atoms with Crippen LogP contribution in [0, 0.1) is 10.5 Å². The molecule has 0 spiro atoms. The number of carbonyl (C=O) groups is 1. The standard InChI is InChI=1S/C26H21ClINO4/c1-3-31-23-14-18(12-21(28)24(23)32-15-17-10-8-16(2)9-11-17)13-22-26(30)33-25(29-22)19-6-4-5-7-20(19)27/h4-14H,3,15H2,1-2H3/b22-13-. The zero-order valence-electron chi connectivity index (χ0n) is 18.1. The lowest BCUT2D eigenvalue weighted by Gasteiger charge is -2.15. The maximum absolute atomic E-state index is 12.4.